The van der Waals surface area contributed by atoms with Gasteiger partial charge in [-0.2, -0.15) is 0 Å². The minimum atomic E-state index is -1.15. The highest BCUT2D eigenvalue weighted by Crippen LogP contribution is 2.23. The molecule has 86 valence electrons. The van der Waals surface area contributed by atoms with E-state index in [-0.39, 0.29) is 4.92 Å². The highest BCUT2D eigenvalue weighted by molar-refractivity contribution is 5.77. The molecule has 0 aromatic heterocycles. The summed E-state index contributed by atoms with van der Waals surface area (Å²) in [5.41, 5.74) is 0.320. The summed E-state index contributed by atoms with van der Waals surface area (Å²) in [5.74, 6) is 0. The van der Waals surface area contributed by atoms with Crippen molar-refractivity contribution in [2.45, 2.75) is 32.2 Å². The van der Waals surface area contributed by atoms with Crippen molar-refractivity contribution in [1.82, 2.24) is 0 Å². The van der Waals surface area contributed by atoms with E-state index in [9.17, 15) is 14.9 Å². The van der Waals surface area contributed by atoms with Gasteiger partial charge in [-0.1, -0.05) is 25.5 Å². The van der Waals surface area contributed by atoms with Gasteiger partial charge in [-0.25, -0.2) is 0 Å². The van der Waals surface area contributed by atoms with Crippen LogP contribution < -0.4 is 0 Å². The molecule has 0 fully saturated rings. The second kappa shape index (κ2) is 4.88. The number of allylic oxidation sites excluding steroid dienone is 4. The second-order valence-electron chi connectivity index (χ2n) is 4.00. The number of rotatable bonds is 4. The molecule has 0 heterocycles. The number of nitrogens with zero attached hydrogens (tertiary/aromatic N) is 1. The lowest BCUT2D eigenvalue weighted by Gasteiger charge is -2.16. The van der Waals surface area contributed by atoms with E-state index < -0.39 is 5.54 Å². The number of hydrogen-bond acceptors (Lipinski definition) is 3. The fraction of sp³-hybridized carbons (Fsp3) is 0.417. The molecule has 0 radical (unpaired) electrons. The van der Waals surface area contributed by atoms with Crippen molar-refractivity contribution in [3.8, 4) is 0 Å². The number of carbonyl (C=O) groups excluding carboxylic acids is 1. The fourth-order valence-electron chi connectivity index (χ4n) is 1.50. The lowest BCUT2D eigenvalue weighted by Crippen LogP contribution is -2.31. The third kappa shape index (κ3) is 2.45. The Morgan fingerprint density at radius 3 is 2.44 bits per heavy atom. The number of nitro groups is 1. The summed E-state index contributed by atoms with van der Waals surface area (Å²) >= 11 is 0. The summed E-state index contributed by atoms with van der Waals surface area (Å²) in [6.45, 7) is 3.51. The standard InChI is InChI=1S/C12H15NO3/c1-3-4-11(9-14)10-5-7-12(2,8-6-10)13(15)16/h5-9H,3-4H2,1-2H3. The van der Waals surface area contributed by atoms with Gasteiger partial charge in [-0.3, -0.25) is 14.9 Å². The van der Waals surface area contributed by atoms with Crippen molar-refractivity contribution in [3.63, 3.8) is 0 Å². The largest absolute Gasteiger partial charge is 0.298 e. The van der Waals surface area contributed by atoms with Crippen molar-refractivity contribution in [2.75, 3.05) is 0 Å². The van der Waals surface area contributed by atoms with Gasteiger partial charge in [-0.15, -0.1) is 0 Å². The van der Waals surface area contributed by atoms with Crippen LogP contribution in [0.4, 0.5) is 0 Å². The second-order valence-corrected chi connectivity index (χ2v) is 4.00. The molecule has 0 aromatic rings. The zero-order chi connectivity index (χ0) is 12.2. The van der Waals surface area contributed by atoms with Crippen LogP contribution in [0.5, 0.6) is 0 Å². The Labute approximate surface area is 94.5 Å². The maximum absolute atomic E-state index is 10.8. The average Bonchev–Trinajstić information content (AvgIpc) is 2.27. The Bertz CT molecular complexity index is 375. The van der Waals surface area contributed by atoms with Crippen molar-refractivity contribution in [1.29, 1.82) is 0 Å². The zero-order valence-corrected chi connectivity index (χ0v) is 9.47. The Hall–Kier alpha value is -1.71. The van der Waals surface area contributed by atoms with Gasteiger partial charge < -0.3 is 0 Å². The molecule has 4 heteroatoms. The van der Waals surface area contributed by atoms with Crippen molar-refractivity contribution >= 4 is 6.29 Å². The molecule has 0 unspecified atom stereocenters. The van der Waals surface area contributed by atoms with E-state index in [0.717, 1.165) is 18.3 Å². The van der Waals surface area contributed by atoms with Crippen LogP contribution in [0.2, 0.25) is 0 Å². The first-order valence-corrected chi connectivity index (χ1v) is 5.25. The average molecular weight is 221 g/mol. The van der Waals surface area contributed by atoms with Crippen LogP contribution in [0.3, 0.4) is 0 Å². The molecule has 0 saturated carbocycles. The molecular weight excluding hydrogens is 206 g/mol. The van der Waals surface area contributed by atoms with Gasteiger partial charge in [0, 0.05) is 11.8 Å². The quantitative estimate of drug-likeness (QED) is 0.317. The summed E-state index contributed by atoms with van der Waals surface area (Å²) < 4.78 is 0. The first-order valence-electron chi connectivity index (χ1n) is 5.25. The third-order valence-electron chi connectivity index (χ3n) is 2.63. The van der Waals surface area contributed by atoms with Crippen molar-refractivity contribution in [3.05, 3.63) is 45.6 Å². The molecule has 0 amide bonds. The van der Waals surface area contributed by atoms with Crippen LogP contribution in [0.1, 0.15) is 26.7 Å². The molecule has 1 rings (SSSR count). The van der Waals surface area contributed by atoms with Gasteiger partial charge in [0.2, 0.25) is 0 Å². The summed E-state index contributed by atoms with van der Waals surface area (Å²) in [4.78, 5) is 21.2. The molecule has 0 N–H and O–H groups in total. The molecule has 0 spiro atoms. The smallest absolute Gasteiger partial charge is 0.256 e. The Balaban J connectivity index is 2.99. The predicted octanol–water partition coefficient (Wildman–Crippen LogP) is 2.44. The van der Waals surface area contributed by atoms with E-state index in [4.69, 9.17) is 0 Å². The summed E-state index contributed by atoms with van der Waals surface area (Å²) in [6, 6.07) is 0. The molecule has 0 atom stereocenters. The molecular formula is C12H15NO3. The third-order valence-corrected chi connectivity index (χ3v) is 2.63. The van der Waals surface area contributed by atoms with Gasteiger partial charge in [0.05, 0.1) is 0 Å². The zero-order valence-electron chi connectivity index (χ0n) is 9.47. The van der Waals surface area contributed by atoms with Gasteiger partial charge in [0.15, 0.2) is 0 Å². The molecule has 1 aliphatic rings. The molecule has 0 bridgehead atoms. The SMILES string of the molecule is CCCC(C=O)=C1C=CC(C)([N+](=O)[O-])C=C1. The lowest BCUT2D eigenvalue weighted by molar-refractivity contribution is -0.535. The van der Waals surface area contributed by atoms with Crippen LogP contribution >= 0.6 is 0 Å². The van der Waals surface area contributed by atoms with E-state index in [1.807, 2.05) is 6.92 Å². The van der Waals surface area contributed by atoms with E-state index in [1.165, 1.54) is 19.1 Å². The normalized spacial score (nSPS) is 23.2. The van der Waals surface area contributed by atoms with Crippen LogP contribution in [0, 0.1) is 10.1 Å². The van der Waals surface area contributed by atoms with Gasteiger partial charge in [0.1, 0.15) is 6.29 Å². The van der Waals surface area contributed by atoms with Crippen LogP contribution in [0.25, 0.3) is 0 Å². The lowest BCUT2D eigenvalue weighted by atomic mass is 9.92. The summed E-state index contributed by atoms with van der Waals surface area (Å²) in [6.07, 6.45) is 8.74. The van der Waals surface area contributed by atoms with Gasteiger partial charge >= 0.3 is 0 Å². The number of aldehydes is 1. The highest BCUT2D eigenvalue weighted by atomic mass is 16.6. The Morgan fingerprint density at radius 1 is 1.50 bits per heavy atom. The van der Waals surface area contributed by atoms with Crippen LogP contribution in [-0.2, 0) is 4.79 Å². The molecule has 0 aliphatic heterocycles. The number of hydrogen-bond donors (Lipinski definition) is 0. The van der Waals surface area contributed by atoms with E-state index in [0.29, 0.717) is 12.0 Å². The van der Waals surface area contributed by atoms with Gasteiger partial charge in [-0.05, 0) is 29.7 Å². The minimum absolute atomic E-state index is 0.350. The molecule has 16 heavy (non-hydrogen) atoms. The highest BCUT2D eigenvalue weighted by Gasteiger charge is 2.32. The van der Waals surface area contributed by atoms with Crippen molar-refractivity contribution < 1.29 is 9.72 Å². The molecule has 0 saturated heterocycles. The van der Waals surface area contributed by atoms with E-state index in [2.05, 4.69) is 0 Å². The predicted molar refractivity (Wildman–Crippen MR) is 61.7 cm³/mol. The van der Waals surface area contributed by atoms with E-state index in [1.54, 1.807) is 12.2 Å². The summed E-state index contributed by atoms with van der Waals surface area (Å²) in [7, 11) is 0. The maximum atomic E-state index is 10.8. The maximum Gasteiger partial charge on any atom is 0.256 e. The summed E-state index contributed by atoms with van der Waals surface area (Å²) in [5, 5.41) is 10.8. The monoisotopic (exact) mass is 221 g/mol. The van der Waals surface area contributed by atoms with E-state index >= 15 is 0 Å². The first kappa shape index (κ1) is 12.4. The van der Waals surface area contributed by atoms with Gasteiger partial charge in [0.25, 0.3) is 5.54 Å². The molecule has 0 aromatic carbocycles. The van der Waals surface area contributed by atoms with Crippen LogP contribution in [0.15, 0.2) is 35.5 Å². The van der Waals surface area contributed by atoms with Crippen LogP contribution in [-0.4, -0.2) is 16.7 Å². The Morgan fingerprint density at radius 2 is 2.06 bits per heavy atom. The van der Waals surface area contributed by atoms with Crippen molar-refractivity contribution in [2.24, 2.45) is 0 Å². The molecule has 4 nitrogen and oxygen atoms in total. The topological polar surface area (TPSA) is 60.2 Å². The number of carbonyl (C=O) groups is 1. The molecule has 1 aliphatic carbocycles. The minimum Gasteiger partial charge on any atom is -0.298 e. The first-order chi connectivity index (χ1) is 7.53. The Kier molecular flexibility index (Phi) is 3.77. The fourth-order valence-corrected chi connectivity index (χ4v) is 1.50.